The van der Waals surface area contributed by atoms with Gasteiger partial charge in [-0.3, -0.25) is 4.79 Å². The van der Waals surface area contributed by atoms with Gasteiger partial charge in [-0.1, -0.05) is 6.07 Å². The molecule has 0 saturated carbocycles. The fraction of sp³-hybridized carbons (Fsp3) is 0.400. The number of aromatic nitrogens is 1. The Morgan fingerprint density at radius 2 is 1.95 bits per heavy atom. The number of nitrogens with one attached hydrogen (secondary N) is 3. The number of piperidine rings is 1. The molecule has 0 spiro atoms. The Kier molecular flexibility index (Phi) is 3.70. The van der Waals surface area contributed by atoms with E-state index in [4.69, 9.17) is 0 Å². The van der Waals surface area contributed by atoms with Crippen molar-refractivity contribution >= 4 is 32.3 Å². The fourth-order valence-electron chi connectivity index (χ4n) is 3.03. The monoisotopic (exact) mass is 321 g/mol. The first-order valence-electron chi connectivity index (χ1n) is 7.22. The van der Waals surface area contributed by atoms with E-state index in [-0.39, 0.29) is 0 Å². The molecule has 118 valence electrons. The molecule has 0 atom stereocenters. The second kappa shape index (κ2) is 5.40. The molecule has 0 bridgehead atoms. The number of H-pyrrole nitrogens is 1. The lowest BCUT2D eigenvalue weighted by atomic mass is 9.95. The molecule has 2 aromatic rings. The van der Waals surface area contributed by atoms with Gasteiger partial charge in [0, 0.05) is 23.4 Å². The molecule has 1 aliphatic heterocycles. The van der Waals surface area contributed by atoms with E-state index in [2.05, 4.69) is 15.6 Å². The zero-order chi connectivity index (χ0) is 15.8. The van der Waals surface area contributed by atoms with Gasteiger partial charge >= 0.3 is 0 Å². The minimum absolute atomic E-state index is 0.292. The van der Waals surface area contributed by atoms with Crippen molar-refractivity contribution in [1.29, 1.82) is 0 Å². The molecule has 0 aliphatic carbocycles. The van der Waals surface area contributed by atoms with Crippen molar-refractivity contribution in [3.05, 3.63) is 30.5 Å². The summed E-state index contributed by atoms with van der Waals surface area (Å²) in [6.45, 7) is 1.05. The number of rotatable bonds is 3. The molecule has 1 aliphatic rings. The Hall–Kier alpha value is -1.86. The van der Waals surface area contributed by atoms with Crippen LogP contribution in [0.4, 0.5) is 5.69 Å². The third-order valence-corrected chi connectivity index (χ3v) is 6.39. The number of fused-ring (bicyclic) bond motifs is 1. The van der Waals surface area contributed by atoms with Gasteiger partial charge in [-0.05, 0) is 44.1 Å². The van der Waals surface area contributed by atoms with Crippen molar-refractivity contribution in [1.82, 2.24) is 10.3 Å². The number of amides is 1. The molecule has 1 aromatic heterocycles. The van der Waals surface area contributed by atoms with Crippen LogP contribution in [0.2, 0.25) is 0 Å². The quantitative estimate of drug-likeness (QED) is 0.794. The standard InChI is InChI=1S/C15H19N3O3S/c1-22(20,21)15(6-9-16-10-7-15)14(19)18-13-4-2-3-12-11(13)5-8-17-12/h2-5,8,16-17H,6-7,9-10H2,1H3,(H,18,19). The van der Waals surface area contributed by atoms with Crippen LogP contribution in [-0.4, -0.2) is 43.4 Å². The minimum Gasteiger partial charge on any atom is -0.361 e. The number of sulfone groups is 1. The first-order valence-corrected chi connectivity index (χ1v) is 9.11. The molecule has 1 aromatic carbocycles. The maximum atomic E-state index is 12.8. The van der Waals surface area contributed by atoms with E-state index in [0.717, 1.165) is 17.2 Å². The molecule has 3 N–H and O–H groups in total. The van der Waals surface area contributed by atoms with Gasteiger partial charge in [-0.2, -0.15) is 0 Å². The smallest absolute Gasteiger partial charge is 0.245 e. The largest absolute Gasteiger partial charge is 0.361 e. The Labute approximate surface area is 129 Å². The Morgan fingerprint density at radius 1 is 1.23 bits per heavy atom. The minimum atomic E-state index is -3.51. The summed E-state index contributed by atoms with van der Waals surface area (Å²) < 4.78 is 23.2. The molecule has 7 heteroatoms. The van der Waals surface area contributed by atoms with E-state index in [9.17, 15) is 13.2 Å². The van der Waals surface area contributed by atoms with E-state index in [1.54, 1.807) is 12.3 Å². The molecular formula is C15H19N3O3S. The topological polar surface area (TPSA) is 91.1 Å². The van der Waals surface area contributed by atoms with E-state index < -0.39 is 20.5 Å². The second-order valence-corrected chi connectivity index (χ2v) is 8.04. The summed E-state index contributed by atoms with van der Waals surface area (Å²) in [5, 5.41) is 6.80. The number of anilines is 1. The van der Waals surface area contributed by atoms with E-state index in [0.29, 0.717) is 31.6 Å². The van der Waals surface area contributed by atoms with Crippen LogP contribution in [0.1, 0.15) is 12.8 Å². The zero-order valence-corrected chi connectivity index (χ0v) is 13.2. The van der Waals surface area contributed by atoms with Crippen LogP contribution in [0.3, 0.4) is 0 Å². The maximum absolute atomic E-state index is 12.8. The first-order chi connectivity index (χ1) is 10.4. The summed E-state index contributed by atoms with van der Waals surface area (Å²) >= 11 is 0. The third kappa shape index (κ3) is 2.40. The number of carbonyl (C=O) groups excluding carboxylic acids is 1. The average Bonchev–Trinajstić information content (AvgIpc) is 2.96. The lowest BCUT2D eigenvalue weighted by Gasteiger charge is -2.34. The van der Waals surface area contributed by atoms with E-state index >= 15 is 0 Å². The van der Waals surface area contributed by atoms with Gasteiger partial charge in [0.25, 0.3) is 0 Å². The third-order valence-electron chi connectivity index (χ3n) is 4.38. The highest BCUT2D eigenvalue weighted by Crippen LogP contribution is 2.31. The predicted octanol–water partition coefficient (Wildman–Crippen LogP) is 1.27. The average molecular weight is 321 g/mol. The van der Waals surface area contributed by atoms with E-state index in [1.807, 2.05) is 18.2 Å². The highest BCUT2D eigenvalue weighted by atomic mass is 32.2. The van der Waals surface area contributed by atoms with Gasteiger partial charge in [-0.15, -0.1) is 0 Å². The SMILES string of the molecule is CS(=O)(=O)C1(C(=O)Nc2cccc3[nH]ccc23)CCNCC1. The van der Waals surface area contributed by atoms with Crippen LogP contribution in [0, 0.1) is 0 Å². The number of benzene rings is 1. The van der Waals surface area contributed by atoms with Gasteiger partial charge in [0.15, 0.2) is 14.6 Å². The predicted molar refractivity (Wildman–Crippen MR) is 86.6 cm³/mol. The number of hydrogen-bond acceptors (Lipinski definition) is 4. The molecule has 2 heterocycles. The lowest BCUT2D eigenvalue weighted by molar-refractivity contribution is -0.119. The summed E-state index contributed by atoms with van der Waals surface area (Å²) in [5.41, 5.74) is 1.53. The van der Waals surface area contributed by atoms with Crippen LogP contribution in [-0.2, 0) is 14.6 Å². The van der Waals surface area contributed by atoms with Gasteiger partial charge < -0.3 is 15.6 Å². The molecular weight excluding hydrogens is 302 g/mol. The zero-order valence-electron chi connectivity index (χ0n) is 12.3. The molecule has 3 rings (SSSR count). The molecule has 0 unspecified atom stereocenters. The lowest BCUT2D eigenvalue weighted by Crippen LogP contribution is -2.55. The molecule has 0 radical (unpaired) electrons. The molecule has 22 heavy (non-hydrogen) atoms. The highest BCUT2D eigenvalue weighted by Gasteiger charge is 2.48. The first kappa shape index (κ1) is 15.1. The van der Waals surface area contributed by atoms with Crippen molar-refractivity contribution in [2.45, 2.75) is 17.6 Å². The van der Waals surface area contributed by atoms with Crippen LogP contribution in [0.5, 0.6) is 0 Å². The summed E-state index contributed by atoms with van der Waals surface area (Å²) in [4.78, 5) is 15.8. The Bertz CT molecular complexity index is 804. The van der Waals surface area contributed by atoms with Crippen LogP contribution in [0.15, 0.2) is 30.5 Å². The number of aromatic amines is 1. The van der Waals surface area contributed by atoms with Crippen LogP contribution >= 0.6 is 0 Å². The molecule has 1 saturated heterocycles. The van der Waals surface area contributed by atoms with Gasteiger partial charge in [-0.25, -0.2) is 8.42 Å². The normalized spacial score (nSPS) is 18.2. The number of hydrogen-bond donors (Lipinski definition) is 3. The summed E-state index contributed by atoms with van der Waals surface area (Å²) in [7, 11) is -3.51. The van der Waals surface area contributed by atoms with Crippen molar-refractivity contribution in [3.8, 4) is 0 Å². The van der Waals surface area contributed by atoms with Gasteiger partial charge in [0.05, 0.1) is 5.69 Å². The summed E-state index contributed by atoms with van der Waals surface area (Å²) in [6, 6.07) is 7.37. The molecule has 6 nitrogen and oxygen atoms in total. The van der Waals surface area contributed by atoms with Gasteiger partial charge in [0.1, 0.15) is 0 Å². The van der Waals surface area contributed by atoms with Crippen LogP contribution < -0.4 is 10.6 Å². The van der Waals surface area contributed by atoms with E-state index in [1.165, 1.54) is 0 Å². The Morgan fingerprint density at radius 3 is 2.64 bits per heavy atom. The fourth-order valence-corrected chi connectivity index (χ4v) is 4.36. The van der Waals surface area contributed by atoms with Crippen LogP contribution in [0.25, 0.3) is 10.9 Å². The molecule has 1 fully saturated rings. The van der Waals surface area contributed by atoms with Crippen molar-refractivity contribution in [2.24, 2.45) is 0 Å². The van der Waals surface area contributed by atoms with Crippen molar-refractivity contribution in [3.63, 3.8) is 0 Å². The Balaban J connectivity index is 1.97. The van der Waals surface area contributed by atoms with Gasteiger partial charge in [0.2, 0.25) is 5.91 Å². The maximum Gasteiger partial charge on any atom is 0.245 e. The second-order valence-electron chi connectivity index (χ2n) is 5.72. The highest BCUT2D eigenvalue weighted by molar-refractivity contribution is 7.92. The van der Waals surface area contributed by atoms with Crippen molar-refractivity contribution in [2.75, 3.05) is 24.7 Å². The summed E-state index contributed by atoms with van der Waals surface area (Å²) in [6.07, 6.45) is 3.52. The summed E-state index contributed by atoms with van der Waals surface area (Å²) in [5.74, 6) is -0.440. The number of carbonyl (C=O) groups is 1. The van der Waals surface area contributed by atoms with Crippen molar-refractivity contribution < 1.29 is 13.2 Å². The molecule has 1 amide bonds.